The lowest BCUT2D eigenvalue weighted by molar-refractivity contribution is 0.0932. The summed E-state index contributed by atoms with van der Waals surface area (Å²) >= 11 is 24.0. The molecule has 0 saturated carbocycles. The van der Waals surface area contributed by atoms with Gasteiger partial charge >= 0.3 is 0 Å². The van der Waals surface area contributed by atoms with Gasteiger partial charge in [-0.2, -0.15) is 0 Å². The van der Waals surface area contributed by atoms with E-state index in [1.54, 1.807) is 36.4 Å². The SMILES string of the molecule is O=C(N[C@H](NC(=S)N1C[C@@H]2C[C@H](C1)c1cccc(=O)n1C2)C(Cl)(Cl)Cl)c1ccccc1. The number of hydrogen-bond acceptors (Lipinski definition) is 3. The van der Waals surface area contributed by atoms with E-state index in [9.17, 15) is 9.59 Å². The second kappa shape index (κ2) is 8.98. The van der Waals surface area contributed by atoms with E-state index < -0.39 is 9.96 Å². The van der Waals surface area contributed by atoms with Crippen LogP contribution in [0.1, 0.15) is 28.4 Å². The molecule has 10 heteroatoms. The van der Waals surface area contributed by atoms with Crippen LogP contribution < -0.4 is 16.2 Å². The van der Waals surface area contributed by atoms with E-state index in [0.29, 0.717) is 30.3 Å². The summed E-state index contributed by atoms with van der Waals surface area (Å²) in [6.07, 6.45) is -0.0179. The van der Waals surface area contributed by atoms with Crippen molar-refractivity contribution in [2.45, 2.75) is 28.8 Å². The highest BCUT2D eigenvalue weighted by Crippen LogP contribution is 2.35. The standard InChI is InChI=1S/C21H21Cl3N4O2S/c22-21(23,24)19(25-18(30)14-5-2-1-3-6-14)26-20(31)27-10-13-9-15(12-27)16-7-4-8-17(29)28(16)11-13/h1-8,13,15,19H,9-12H2,(H,25,30)(H,26,31)/t13-,15+,19+/m0/s1. The zero-order valence-corrected chi connectivity index (χ0v) is 19.5. The number of piperidine rings is 1. The van der Waals surface area contributed by atoms with E-state index in [4.69, 9.17) is 47.0 Å². The van der Waals surface area contributed by atoms with Crippen molar-refractivity contribution in [2.75, 3.05) is 13.1 Å². The number of nitrogens with zero attached hydrogens (tertiary/aromatic N) is 2. The number of pyridine rings is 1. The number of alkyl halides is 3. The van der Waals surface area contributed by atoms with Crippen molar-refractivity contribution >= 4 is 58.0 Å². The third kappa shape index (κ3) is 5.00. The maximum Gasteiger partial charge on any atom is 0.252 e. The third-order valence-corrected chi connectivity index (χ3v) is 6.70. The van der Waals surface area contributed by atoms with Crippen LogP contribution >= 0.6 is 47.0 Å². The van der Waals surface area contributed by atoms with Gasteiger partial charge in [-0.25, -0.2) is 0 Å². The minimum absolute atomic E-state index is 0.0289. The van der Waals surface area contributed by atoms with Gasteiger partial charge in [0.25, 0.3) is 11.5 Å². The summed E-state index contributed by atoms with van der Waals surface area (Å²) in [5, 5.41) is 6.12. The number of fused-ring (bicyclic) bond motifs is 4. The molecule has 2 aromatic rings. The zero-order valence-electron chi connectivity index (χ0n) is 16.4. The molecule has 6 nitrogen and oxygen atoms in total. The number of thiocarbonyl (C=S) groups is 1. The van der Waals surface area contributed by atoms with Gasteiger partial charge in [-0.3, -0.25) is 9.59 Å². The first-order valence-corrected chi connectivity index (χ1v) is 11.4. The van der Waals surface area contributed by atoms with Crippen molar-refractivity contribution in [3.63, 3.8) is 0 Å². The molecule has 1 amide bonds. The summed E-state index contributed by atoms with van der Waals surface area (Å²) < 4.78 is 0.0386. The molecule has 0 aliphatic carbocycles. The Kier molecular flexibility index (Phi) is 6.49. The molecule has 1 saturated heterocycles. The van der Waals surface area contributed by atoms with Gasteiger partial charge in [-0.1, -0.05) is 59.1 Å². The lowest BCUT2D eigenvalue weighted by Gasteiger charge is -2.44. The van der Waals surface area contributed by atoms with Crippen LogP contribution in [-0.2, 0) is 6.54 Å². The van der Waals surface area contributed by atoms with E-state index in [2.05, 4.69) is 10.6 Å². The number of carbonyl (C=O) groups is 1. The average molecular weight is 500 g/mol. The smallest absolute Gasteiger partial charge is 0.252 e. The number of hydrogen-bond donors (Lipinski definition) is 2. The van der Waals surface area contributed by atoms with Crippen LogP contribution in [0, 0.1) is 5.92 Å². The predicted octanol–water partition coefficient (Wildman–Crippen LogP) is 3.27. The molecule has 31 heavy (non-hydrogen) atoms. The molecule has 0 unspecified atom stereocenters. The lowest BCUT2D eigenvalue weighted by atomic mass is 9.83. The molecule has 3 atom stereocenters. The number of benzene rings is 1. The van der Waals surface area contributed by atoms with Crippen LogP contribution in [-0.4, -0.2) is 43.5 Å². The number of nitrogens with one attached hydrogen (secondary N) is 2. The Bertz CT molecular complexity index is 1040. The normalized spacial score (nSPS) is 21.1. The number of carbonyl (C=O) groups excluding carboxylic acids is 1. The monoisotopic (exact) mass is 498 g/mol. The van der Waals surface area contributed by atoms with Crippen LogP contribution in [0.5, 0.6) is 0 Å². The Morgan fingerprint density at radius 2 is 1.77 bits per heavy atom. The fraction of sp³-hybridized carbons (Fsp3) is 0.381. The number of likely N-dealkylation sites (tertiary alicyclic amines) is 1. The van der Waals surface area contributed by atoms with Crippen LogP contribution in [0.2, 0.25) is 0 Å². The Morgan fingerprint density at radius 3 is 2.48 bits per heavy atom. The van der Waals surface area contributed by atoms with Gasteiger partial charge in [0.05, 0.1) is 0 Å². The van der Waals surface area contributed by atoms with Gasteiger partial charge in [-0.05, 0) is 42.8 Å². The van der Waals surface area contributed by atoms with Crippen molar-refractivity contribution in [1.29, 1.82) is 0 Å². The van der Waals surface area contributed by atoms with Crippen molar-refractivity contribution < 1.29 is 4.79 Å². The van der Waals surface area contributed by atoms with E-state index >= 15 is 0 Å². The topological polar surface area (TPSA) is 66.4 Å². The van der Waals surface area contributed by atoms with Gasteiger partial charge in [0, 0.05) is 42.9 Å². The number of rotatable bonds is 3. The molecule has 164 valence electrons. The Hall–Kier alpha value is -1.80. The largest absolute Gasteiger partial charge is 0.348 e. The summed E-state index contributed by atoms with van der Waals surface area (Å²) in [7, 11) is 0. The van der Waals surface area contributed by atoms with Gasteiger partial charge < -0.3 is 20.1 Å². The van der Waals surface area contributed by atoms with Crippen molar-refractivity contribution in [3.8, 4) is 0 Å². The van der Waals surface area contributed by atoms with E-state index in [-0.39, 0.29) is 23.3 Å². The second-order valence-electron chi connectivity index (χ2n) is 7.87. The summed E-state index contributed by atoms with van der Waals surface area (Å²) in [6.45, 7) is 1.98. The number of halogens is 3. The summed E-state index contributed by atoms with van der Waals surface area (Å²) in [5.74, 6) is 0.0959. The molecular formula is C21H21Cl3N4O2S. The van der Waals surface area contributed by atoms with Crippen LogP contribution in [0.4, 0.5) is 0 Å². The van der Waals surface area contributed by atoms with E-state index in [1.807, 2.05) is 21.6 Å². The molecule has 2 aliphatic rings. The van der Waals surface area contributed by atoms with Gasteiger partial charge in [0.15, 0.2) is 5.11 Å². The summed E-state index contributed by atoms with van der Waals surface area (Å²) in [4.78, 5) is 26.8. The summed E-state index contributed by atoms with van der Waals surface area (Å²) in [5.41, 5.74) is 1.50. The van der Waals surface area contributed by atoms with E-state index in [1.165, 1.54) is 0 Å². The molecular weight excluding hydrogens is 479 g/mol. The minimum Gasteiger partial charge on any atom is -0.348 e. The maximum atomic E-state index is 12.6. The fourth-order valence-corrected chi connectivity index (χ4v) is 4.88. The quantitative estimate of drug-likeness (QED) is 0.385. The summed E-state index contributed by atoms with van der Waals surface area (Å²) in [6, 6.07) is 14.1. The van der Waals surface area contributed by atoms with E-state index in [0.717, 1.165) is 12.1 Å². The van der Waals surface area contributed by atoms with Gasteiger partial charge in [-0.15, -0.1) is 0 Å². The third-order valence-electron chi connectivity index (χ3n) is 5.67. The number of aromatic nitrogens is 1. The minimum atomic E-state index is -1.82. The average Bonchev–Trinajstić information content (AvgIpc) is 2.73. The zero-order chi connectivity index (χ0) is 22.2. The van der Waals surface area contributed by atoms with Gasteiger partial charge in [0.2, 0.25) is 3.79 Å². The molecule has 0 radical (unpaired) electrons. The molecule has 1 aromatic heterocycles. The van der Waals surface area contributed by atoms with Crippen molar-refractivity contribution in [1.82, 2.24) is 20.1 Å². The first kappa shape index (κ1) is 22.4. The molecule has 3 heterocycles. The molecule has 0 spiro atoms. The second-order valence-corrected chi connectivity index (χ2v) is 10.6. The molecule has 4 rings (SSSR count). The first-order valence-electron chi connectivity index (χ1n) is 9.90. The Balaban J connectivity index is 1.47. The molecule has 2 aliphatic heterocycles. The van der Waals surface area contributed by atoms with Crippen LogP contribution in [0.15, 0.2) is 53.3 Å². The molecule has 1 fully saturated rings. The fourth-order valence-electron chi connectivity index (χ4n) is 4.28. The Morgan fingerprint density at radius 1 is 1.03 bits per heavy atom. The van der Waals surface area contributed by atoms with Crippen LogP contribution in [0.25, 0.3) is 0 Å². The van der Waals surface area contributed by atoms with Crippen molar-refractivity contribution in [2.24, 2.45) is 5.92 Å². The first-order chi connectivity index (χ1) is 14.7. The van der Waals surface area contributed by atoms with Crippen molar-refractivity contribution in [3.05, 3.63) is 70.1 Å². The molecule has 2 bridgehead atoms. The molecule has 2 N–H and O–H groups in total. The molecule has 1 aromatic carbocycles. The highest BCUT2D eigenvalue weighted by atomic mass is 35.6. The predicted molar refractivity (Wildman–Crippen MR) is 127 cm³/mol. The van der Waals surface area contributed by atoms with Crippen LogP contribution in [0.3, 0.4) is 0 Å². The number of amides is 1. The highest BCUT2D eigenvalue weighted by molar-refractivity contribution is 7.80. The lowest BCUT2D eigenvalue weighted by Crippen LogP contribution is -2.60. The highest BCUT2D eigenvalue weighted by Gasteiger charge is 2.39. The Labute approximate surface area is 200 Å². The maximum absolute atomic E-state index is 12.6. The van der Waals surface area contributed by atoms with Gasteiger partial charge in [0.1, 0.15) is 6.17 Å².